The molecule has 0 aromatic rings. The molecule has 1 saturated heterocycles. The summed E-state index contributed by atoms with van der Waals surface area (Å²) in [5.41, 5.74) is -0.201. The standard InChI is InChI=1S/C32H43NO4/c1-27(2)10-12-32(26(35)36)13-11-31(7)23(19(32)16-27)24-20(37-24)14-22-29(5)15-18(17-33)25(34)28(3,4)21(29)8-9-30(22,31)6/h14-15,19-21,23-24H,8-13,16H2,1-7H3,(H,35,36)/t19?,20?,21?,23?,24?,29-,30+,31+,32-/m0/s1. The lowest BCUT2D eigenvalue weighted by molar-refractivity contribution is -0.187. The summed E-state index contributed by atoms with van der Waals surface area (Å²) in [7, 11) is 0. The van der Waals surface area contributed by atoms with Crippen molar-refractivity contribution in [3.63, 3.8) is 0 Å². The molecule has 6 rings (SSSR count). The van der Waals surface area contributed by atoms with Gasteiger partial charge in [-0.1, -0.05) is 66.2 Å². The number of carbonyl (C=O) groups is 2. The molecular weight excluding hydrogens is 462 g/mol. The number of ketones is 1. The number of carbonyl (C=O) groups excluding carboxylic acids is 1. The number of nitriles is 1. The molecule has 5 nitrogen and oxygen atoms in total. The zero-order chi connectivity index (χ0) is 27.0. The Balaban J connectivity index is 1.52. The average molecular weight is 506 g/mol. The summed E-state index contributed by atoms with van der Waals surface area (Å²) in [6.07, 6.45) is 10.5. The minimum absolute atomic E-state index is 0.00830. The van der Waals surface area contributed by atoms with Gasteiger partial charge in [0, 0.05) is 10.8 Å². The lowest BCUT2D eigenvalue weighted by atomic mass is 9.36. The van der Waals surface area contributed by atoms with Crippen LogP contribution in [-0.4, -0.2) is 29.1 Å². The van der Waals surface area contributed by atoms with Crippen molar-refractivity contribution in [2.75, 3.05) is 0 Å². The van der Waals surface area contributed by atoms with E-state index >= 15 is 0 Å². The van der Waals surface area contributed by atoms with Gasteiger partial charge in [0.05, 0.1) is 17.1 Å². The van der Waals surface area contributed by atoms with Gasteiger partial charge in [0.15, 0.2) is 5.78 Å². The molecule has 4 fully saturated rings. The van der Waals surface area contributed by atoms with Gasteiger partial charge < -0.3 is 9.84 Å². The summed E-state index contributed by atoms with van der Waals surface area (Å²) >= 11 is 0. The highest BCUT2D eigenvalue weighted by Crippen LogP contribution is 2.75. The SMILES string of the molecule is CC1(C)CC[C@]2(C(=O)O)CC[C@]3(C)C(C4OC4C=C4[C@@]5(C)C=C(C#N)C(=O)C(C)(C)C5CC[C@]43C)C2C1. The van der Waals surface area contributed by atoms with E-state index < -0.39 is 22.2 Å². The van der Waals surface area contributed by atoms with Crippen molar-refractivity contribution in [1.29, 1.82) is 5.26 Å². The van der Waals surface area contributed by atoms with Gasteiger partial charge in [-0.2, -0.15) is 5.26 Å². The molecule has 0 aromatic heterocycles. The summed E-state index contributed by atoms with van der Waals surface area (Å²) in [4.78, 5) is 26.2. The van der Waals surface area contributed by atoms with Crippen molar-refractivity contribution in [2.45, 2.75) is 106 Å². The first-order valence-electron chi connectivity index (χ1n) is 14.4. The second-order valence-electron chi connectivity index (χ2n) is 15.5. The van der Waals surface area contributed by atoms with Gasteiger partial charge >= 0.3 is 5.97 Å². The first-order chi connectivity index (χ1) is 17.1. The molecule has 5 heteroatoms. The third kappa shape index (κ3) is 2.95. The maximum Gasteiger partial charge on any atom is 0.309 e. The van der Waals surface area contributed by atoms with E-state index in [4.69, 9.17) is 4.74 Å². The lowest BCUT2D eigenvalue weighted by Gasteiger charge is -2.67. The molecular formula is C32H43NO4. The van der Waals surface area contributed by atoms with Gasteiger partial charge in [0.2, 0.25) is 0 Å². The van der Waals surface area contributed by atoms with E-state index in [9.17, 15) is 20.0 Å². The third-order valence-corrected chi connectivity index (χ3v) is 13.0. The molecule has 0 spiro atoms. The molecule has 200 valence electrons. The maximum absolute atomic E-state index is 13.3. The largest absolute Gasteiger partial charge is 0.481 e. The second kappa shape index (κ2) is 7.17. The van der Waals surface area contributed by atoms with Crippen LogP contribution in [0.4, 0.5) is 0 Å². The van der Waals surface area contributed by atoms with Crippen LogP contribution in [0.1, 0.15) is 93.4 Å². The molecule has 0 amide bonds. The Labute approximate surface area is 221 Å². The maximum atomic E-state index is 13.3. The number of nitrogens with zero attached hydrogens (tertiary/aromatic N) is 1. The summed E-state index contributed by atoms with van der Waals surface area (Å²) < 4.78 is 6.46. The molecule has 5 unspecified atom stereocenters. The Hall–Kier alpha value is -1.93. The fraction of sp³-hybridized carbons (Fsp3) is 0.781. The minimum atomic E-state index is -0.661. The average Bonchev–Trinajstić information content (AvgIpc) is 3.57. The van der Waals surface area contributed by atoms with Gasteiger partial charge in [-0.05, 0) is 78.9 Å². The zero-order valence-electron chi connectivity index (χ0n) is 23.6. The number of hydrogen-bond acceptors (Lipinski definition) is 4. The molecule has 0 bridgehead atoms. The normalized spacial score (nSPS) is 50.9. The highest BCUT2D eigenvalue weighted by molar-refractivity contribution is 6.04. The van der Waals surface area contributed by atoms with Crippen molar-refractivity contribution in [3.05, 3.63) is 23.3 Å². The van der Waals surface area contributed by atoms with Crippen LogP contribution in [0, 0.1) is 61.6 Å². The Morgan fingerprint density at radius 2 is 1.73 bits per heavy atom. The molecule has 6 aliphatic rings. The van der Waals surface area contributed by atoms with E-state index in [1.165, 1.54) is 5.57 Å². The smallest absolute Gasteiger partial charge is 0.309 e. The number of Topliss-reactive ketones (excluding diaryl/α,β-unsaturated/α-hetero) is 1. The van der Waals surface area contributed by atoms with Crippen molar-refractivity contribution in [3.8, 4) is 6.07 Å². The van der Waals surface area contributed by atoms with E-state index in [1.54, 1.807) is 0 Å². The number of carboxylic acid groups (broad SMARTS) is 1. The molecule has 0 aromatic carbocycles. The van der Waals surface area contributed by atoms with Crippen molar-refractivity contribution in [1.82, 2.24) is 0 Å². The van der Waals surface area contributed by atoms with Crippen LogP contribution in [0.15, 0.2) is 23.3 Å². The van der Waals surface area contributed by atoms with Crippen LogP contribution in [0.3, 0.4) is 0 Å². The summed E-state index contributed by atoms with van der Waals surface area (Å²) in [5.74, 6) is -0.254. The Morgan fingerprint density at radius 3 is 2.38 bits per heavy atom. The minimum Gasteiger partial charge on any atom is -0.481 e. The lowest BCUT2D eigenvalue weighted by Crippen LogP contribution is -2.63. The quantitative estimate of drug-likeness (QED) is 0.325. The Bertz CT molecular complexity index is 1200. The van der Waals surface area contributed by atoms with Crippen molar-refractivity contribution in [2.24, 2.45) is 50.2 Å². The van der Waals surface area contributed by atoms with Crippen molar-refractivity contribution < 1.29 is 19.4 Å². The first-order valence-corrected chi connectivity index (χ1v) is 14.4. The topological polar surface area (TPSA) is 90.7 Å². The van der Waals surface area contributed by atoms with E-state index in [0.717, 1.165) is 44.9 Å². The van der Waals surface area contributed by atoms with E-state index in [0.29, 0.717) is 0 Å². The number of carboxylic acids is 1. The van der Waals surface area contributed by atoms with Crippen LogP contribution in [0.5, 0.6) is 0 Å². The fourth-order valence-electron chi connectivity index (χ4n) is 10.7. The highest BCUT2D eigenvalue weighted by atomic mass is 16.6. The molecule has 0 radical (unpaired) electrons. The van der Waals surface area contributed by atoms with Crippen LogP contribution in [0.2, 0.25) is 0 Å². The zero-order valence-corrected chi connectivity index (χ0v) is 23.6. The highest BCUT2D eigenvalue weighted by Gasteiger charge is 2.73. The number of hydrogen-bond donors (Lipinski definition) is 1. The molecule has 1 N–H and O–H groups in total. The Kier molecular flexibility index (Phi) is 4.92. The van der Waals surface area contributed by atoms with Crippen LogP contribution >= 0.6 is 0 Å². The second-order valence-corrected chi connectivity index (χ2v) is 15.5. The number of allylic oxidation sites excluding steroid dienone is 3. The number of rotatable bonds is 1. The third-order valence-electron chi connectivity index (χ3n) is 13.0. The predicted molar refractivity (Wildman–Crippen MR) is 140 cm³/mol. The van der Waals surface area contributed by atoms with Crippen LogP contribution in [0.25, 0.3) is 0 Å². The summed E-state index contributed by atoms with van der Waals surface area (Å²) in [6.45, 7) is 15.8. The molecule has 1 heterocycles. The number of ether oxygens (including phenoxy) is 1. The molecule has 5 aliphatic carbocycles. The Morgan fingerprint density at radius 1 is 1.05 bits per heavy atom. The van der Waals surface area contributed by atoms with E-state index in [2.05, 4.69) is 46.8 Å². The molecule has 37 heavy (non-hydrogen) atoms. The number of epoxide rings is 1. The van der Waals surface area contributed by atoms with Crippen LogP contribution in [-0.2, 0) is 14.3 Å². The van der Waals surface area contributed by atoms with Gasteiger partial charge in [0.1, 0.15) is 12.2 Å². The fourth-order valence-corrected chi connectivity index (χ4v) is 10.7. The van der Waals surface area contributed by atoms with E-state index in [-0.39, 0.29) is 57.6 Å². The number of aliphatic carboxylic acids is 1. The molecule has 1 aliphatic heterocycles. The van der Waals surface area contributed by atoms with Gasteiger partial charge in [-0.25, -0.2) is 0 Å². The molecule has 3 saturated carbocycles. The number of fused-ring (bicyclic) bond motifs is 9. The monoisotopic (exact) mass is 505 g/mol. The predicted octanol–water partition coefficient (Wildman–Crippen LogP) is 6.49. The first kappa shape index (κ1) is 25.4. The van der Waals surface area contributed by atoms with Gasteiger partial charge in [0.25, 0.3) is 0 Å². The van der Waals surface area contributed by atoms with Gasteiger partial charge in [-0.15, -0.1) is 0 Å². The van der Waals surface area contributed by atoms with E-state index in [1.807, 2.05) is 19.9 Å². The van der Waals surface area contributed by atoms with Crippen LogP contribution < -0.4 is 0 Å². The molecule has 9 atom stereocenters. The summed E-state index contributed by atoms with van der Waals surface area (Å²) in [5, 5.41) is 20.6. The summed E-state index contributed by atoms with van der Waals surface area (Å²) in [6, 6.07) is 2.23. The van der Waals surface area contributed by atoms with Gasteiger partial charge in [-0.3, -0.25) is 9.59 Å². The van der Waals surface area contributed by atoms with Crippen molar-refractivity contribution >= 4 is 11.8 Å².